The van der Waals surface area contributed by atoms with Crippen LogP contribution in [0.2, 0.25) is 0 Å². The van der Waals surface area contributed by atoms with Gasteiger partial charge in [0.05, 0.1) is 6.26 Å². The molecule has 0 aliphatic heterocycles. The molecule has 6 nitrogen and oxygen atoms in total. The van der Waals surface area contributed by atoms with E-state index in [1.54, 1.807) is 6.07 Å². The number of nitrogens with one attached hydrogen (secondary N) is 1. The molecule has 0 spiro atoms. The second-order valence-corrected chi connectivity index (χ2v) is 4.91. The Labute approximate surface area is 111 Å². The number of hydrogen-bond acceptors (Lipinski definition) is 4. The number of carboxylic acid groups (broad SMARTS) is 1. The predicted octanol–water partition coefficient (Wildman–Crippen LogP) is 1.11. The fraction of sp³-hybridized carbons (Fsp3) is 0.538. The Morgan fingerprint density at radius 3 is 2.63 bits per heavy atom. The highest BCUT2D eigenvalue weighted by molar-refractivity contribution is 5.86. The molecule has 1 aliphatic carbocycles. The van der Waals surface area contributed by atoms with Gasteiger partial charge in [0.25, 0.3) is 0 Å². The van der Waals surface area contributed by atoms with Gasteiger partial charge in [-0.05, 0) is 31.7 Å². The number of hydrogen-bond donors (Lipinski definition) is 3. The van der Waals surface area contributed by atoms with Crippen molar-refractivity contribution >= 4 is 11.9 Å². The van der Waals surface area contributed by atoms with E-state index in [1.165, 1.54) is 6.26 Å². The van der Waals surface area contributed by atoms with Crippen molar-refractivity contribution in [1.29, 1.82) is 0 Å². The molecule has 0 aromatic carbocycles. The highest BCUT2D eigenvalue weighted by Crippen LogP contribution is 2.24. The Morgan fingerprint density at radius 1 is 1.37 bits per heavy atom. The number of amides is 1. The zero-order chi connectivity index (χ0) is 13.8. The smallest absolute Gasteiger partial charge is 0.372 e. The van der Waals surface area contributed by atoms with E-state index >= 15 is 0 Å². The van der Waals surface area contributed by atoms with Gasteiger partial charge in [-0.3, -0.25) is 4.79 Å². The molecule has 0 atom stereocenters. The molecule has 0 unspecified atom stereocenters. The average Bonchev–Trinajstić information content (AvgIpc) is 2.85. The van der Waals surface area contributed by atoms with Gasteiger partial charge in [-0.25, -0.2) is 4.79 Å². The van der Waals surface area contributed by atoms with E-state index < -0.39 is 5.97 Å². The second-order valence-electron chi connectivity index (χ2n) is 4.91. The normalized spacial score (nSPS) is 23.2. The maximum atomic E-state index is 11.0. The van der Waals surface area contributed by atoms with Crippen LogP contribution in [0.1, 0.15) is 41.8 Å². The van der Waals surface area contributed by atoms with Crippen LogP contribution in [0.25, 0.3) is 0 Å². The minimum absolute atomic E-state index is 0.0124. The van der Waals surface area contributed by atoms with Crippen LogP contribution in [0.5, 0.6) is 0 Å². The zero-order valence-electron chi connectivity index (χ0n) is 10.6. The van der Waals surface area contributed by atoms with Gasteiger partial charge < -0.3 is 20.6 Å². The van der Waals surface area contributed by atoms with Crippen LogP contribution in [0, 0.1) is 5.92 Å². The molecule has 1 heterocycles. The molecule has 4 N–H and O–H groups in total. The summed E-state index contributed by atoms with van der Waals surface area (Å²) in [6.45, 7) is 0.462. The van der Waals surface area contributed by atoms with Crippen molar-refractivity contribution in [3.8, 4) is 0 Å². The summed E-state index contributed by atoms with van der Waals surface area (Å²) in [6, 6.07) is 1.96. The Balaban J connectivity index is 1.82. The van der Waals surface area contributed by atoms with E-state index in [1.807, 2.05) is 0 Å². The monoisotopic (exact) mass is 266 g/mol. The van der Waals surface area contributed by atoms with Crippen molar-refractivity contribution in [3.63, 3.8) is 0 Å². The fourth-order valence-corrected chi connectivity index (χ4v) is 2.50. The molecule has 1 fully saturated rings. The van der Waals surface area contributed by atoms with Crippen LogP contribution < -0.4 is 11.1 Å². The summed E-state index contributed by atoms with van der Waals surface area (Å²) in [5, 5.41) is 12.2. The van der Waals surface area contributed by atoms with E-state index in [-0.39, 0.29) is 17.6 Å². The highest BCUT2D eigenvalue weighted by atomic mass is 16.4. The van der Waals surface area contributed by atoms with E-state index in [0.29, 0.717) is 18.2 Å². The zero-order valence-corrected chi connectivity index (χ0v) is 10.6. The van der Waals surface area contributed by atoms with Crippen LogP contribution in [-0.4, -0.2) is 23.0 Å². The molecular formula is C13H18N2O4. The van der Waals surface area contributed by atoms with Crippen molar-refractivity contribution in [2.24, 2.45) is 11.7 Å². The third-order valence-electron chi connectivity index (χ3n) is 3.65. The lowest BCUT2D eigenvalue weighted by molar-refractivity contribution is -0.122. The SMILES string of the molecule is NC(=O)C1CCC(NCc2ccoc2C(=O)O)CC1. The van der Waals surface area contributed by atoms with Crippen LogP contribution >= 0.6 is 0 Å². The van der Waals surface area contributed by atoms with E-state index in [0.717, 1.165) is 25.7 Å². The molecule has 1 saturated carbocycles. The largest absolute Gasteiger partial charge is 0.475 e. The standard InChI is InChI=1S/C13H18N2O4/c14-12(16)8-1-3-10(4-2-8)15-7-9-5-6-19-11(9)13(17)18/h5-6,8,10,15H,1-4,7H2,(H2,14,16)(H,17,18). The molecule has 0 bridgehead atoms. The predicted molar refractivity (Wildman–Crippen MR) is 67.4 cm³/mol. The van der Waals surface area contributed by atoms with Crippen molar-refractivity contribution < 1.29 is 19.1 Å². The van der Waals surface area contributed by atoms with Gasteiger partial charge in [0.2, 0.25) is 11.7 Å². The summed E-state index contributed by atoms with van der Waals surface area (Å²) in [5.41, 5.74) is 5.92. The van der Waals surface area contributed by atoms with Crippen molar-refractivity contribution in [3.05, 3.63) is 23.7 Å². The average molecular weight is 266 g/mol. The lowest BCUT2D eigenvalue weighted by Crippen LogP contribution is -2.36. The number of rotatable bonds is 5. The first-order chi connectivity index (χ1) is 9.08. The summed E-state index contributed by atoms with van der Waals surface area (Å²) in [5.74, 6) is -1.31. The Hall–Kier alpha value is -1.82. The molecule has 1 amide bonds. The molecule has 1 aliphatic rings. The van der Waals surface area contributed by atoms with Gasteiger partial charge in [-0.15, -0.1) is 0 Å². The minimum atomic E-state index is -1.06. The van der Waals surface area contributed by atoms with Crippen molar-refractivity contribution in [2.45, 2.75) is 38.3 Å². The summed E-state index contributed by atoms with van der Waals surface area (Å²) in [7, 11) is 0. The first-order valence-corrected chi connectivity index (χ1v) is 6.40. The van der Waals surface area contributed by atoms with Crippen LogP contribution in [0.4, 0.5) is 0 Å². The van der Waals surface area contributed by atoms with E-state index in [4.69, 9.17) is 15.3 Å². The number of carboxylic acids is 1. The van der Waals surface area contributed by atoms with E-state index in [2.05, 4.69) is 5.32 Å². The minimum Gasteiger partial charge on any atom is -0.475 e. The lowest BCUT2D eigenvalue weighted by atomic mass is 9.85. The summed E-state index contributed by atoms with van der Waals surface area (Å²) < 4.78 is 4.91. The number of primary amides is 1. The molecule has 0 radical (unpaired) electrons. The van der Waals surface area contributed by atoms with Crippen molar-refractivity contribution in [1.82, 2.24) is 5.32 Å². The van der Waals surface area contributed by atoms with Gasteiger partial charge >= 0.3 is 5.97 Å². The quantitative estimate of drug-likeness (QED) is 0.740. The number of aromatic carboxylic acids is 1. The second kappa shape index (κ2) is 5.88. The molecule has 1 aromatic rings. The van der Waals surface area contributed by atoms with Gasteiger partial charge in [0, 0.05) is 24.1 Å². The topological polar surface area (TPSA) is 106 Å². The van der Waals surface area contributed by atoms with Crippen molar-refractivity contribution in [2.75, 3.05) is 0 Å². The Morgan fingerprint density at radius 2 is 2.05 bits per heavy atom. The van der Waals surface area contributed by atoms with Crippen LogP contribution in [0.3, 0.4) is 0 Å². The third-order valence-corrected chi connectivity index (χ3v) is 3.65. The summed E-state index contributed by atoms with van der Waals surface area (Å²) in [6.07, 6.45) is 4.74. The van der Waals surface area contributed by atoms with Gasteiger partial charge in [0.1, 0.15) is 0 Å². The van der Waals surface area contributed by atoms with Gasteiger partial charge in [0.15, 0.2) is 0 Å². The van der Waals surface area contributed by atoms with E-state index in [9.17, 15) is 9.59 Å². The number of furan rings is 1. The third kappa shape index (κ3) is 3.35. The first kappa shape index (κ1) is 13.6. The molecule has 2 rings (SSSR count). The molecular weight excluding hydrogens is 248 g/mol. The lowest BCUT2D eigenvalue weighted by Gasteiger charge is -2.27. The Bertz CT molecular complexity index is 461. The van der Waals surface area contributed by atoms with Gasteiger partial charge in [-0.1, -0.05) is 0 Å². The molecule has 1 aromatic heterocycles. The number of carbonyl (C=O) groups is 2. The highest BCUT2D eigenvalue weighted by Gasteiger charge is 2.24. The summed E-state index contributed by atoms with van der Waals surface area (Å²) in [4.78, 5) is 21.9. The summed E-state index contributed by atoms with van der Waals surface area (Å²) >= 11 is 0. The molecule has 0 saturated heterocycles. The maximum Gasteiger partial charge on any atom is 0.372 e. The maximum absolute atomic E-state index is 11.0. The van der Waals surface area contributed by atoms with Crippen LogP contribution in [-0.2, 0) is 11.3 Å². The first-order valence-electron chi connectivity index (χ1n) is 6.40. The van der Waals surface area contributed by atoms with Gasteiger partial charge in [-0.2, -0.15) is 0 Å². The van der Waals surface area contributed by atoms with Crippen LogP contribution in [0.15, 0.2) is 16.7 Å². The fourth-order valence-electron chi connectivity index (χ4n) is 2.50. The molecule has 19 heavy (non-hydrogen) atoms. The molecule has 6 heteroatoms. The number of carbonyl (C=O) groups excluding carboxylic acids is 1. The number of nitrogens with two attached hydrogens (primary N) is 1. The molecule has 104 valence electrons. The Kier molecular flexibility index (Phi) is 4.21.